The summed E-state index contributed by atoms with van der Waals surface area (Å²) in [5.74, 6) is -0.759. The van der Waals surface area contributed by atoms with Crippen LogP contribution in [0, 0.1) is 5.82 Å². The maximum Gasteiger partial charge on any atom is 0.331 e. The van der Waals surface area contributed by atoms with E-state index in [0.29, 0.717) is 17.2 Å². The number of carbonyl (C=O) groups excluding carboxylic acids is 2. The summed E-state index contributed by atoms with van der Waals surface area (Å²) in [5.41, 5.74) is 0.708. The number of rotatable bonds is 7. The summed E-state index contributed by atoms with van der Waals surface area (Å²) in [7, 11) is 2.99. The van der Waals surface area contributed by atoms with Gasteiger partial charge in [-0.3, -0.25) is 4.79 Å². The second kappa shape index (κ2) is 9.38. The zero-order valence-electron chi connectivity index (χ0n) is 15.2. The summed E-state index contributed by atoms with van der Waals surface area (Å²) in [5, 5.41) is 2.62. The Kier molecular flexibility index (Phi) is 6.93. The Bertz CT molecular complexity index is 850. The zero-order valence-corrected chi connectivity index (χ0v) is 15.2. The van der Waals surface area contributed by atoms with Crippen molar-refractivity contribution in [1.29, 1.82) is 0 Å². The summed E-state index contributed by atoms with van der Waals surface area (Å²) in [6.45, 7) is 1.44. The van der Waals surface area contributed by atoms with Crippen molar-refractivity contribution in [2.75, 3.05) is 19.5 Å². The van der Waals surface area contributed by atoms with Crippen LogP contribution in [0.5, 0.6) is 11.5 Å². The van der Waals surface area contributed by atoms with Crippen molar-refractivity contribution in [3.05, 3.63) is 59.9 Å². The van der Waals surface area contributed by atoms with Gasteiger partial charge in [-0.15, -0.1) is 0 Å². The molecule has 6 nitrogen and oxygen atoms in total. The molecule has 27 heavy (non-hydrogen) atoms. The summed E-state index contributed by atoms with van der Waals surface area (Å²) in [6.07, 6.45) is 1.31. The van der Waals surface area contributed by atoms with Gasteiger partial charge in [-0.2, -0.15) is 0 Å². The number of methoxy groups -OCH3 is 2. The fourth-order valence-corrected chi connectivity index (χ4v) is 2.19. The molecule has 1 atom stereocenters. The minimum atomic E-state index is -1.05. The Morgan fingerprint density at radius 1 is 1.07 bits per heavy atom. The normalized spacial score (nSPS) is 11.7. The lowest BCUT2D eigenvalue weighted by Gasteiger charge is -2.14. The molecule has 7 heteroatoms. The molecule has 0 radical (unpaired) electrons. The Hall–Kier alpha value is -3.35. The maximum atomic E-state index is 13.5. The molecular formula is C20H20FNO5. The summed E-state index contributed by atoms with van der Waals surface area (Å²) in [6, 6.07) is 10.9. The average Bonchev–Trinajstić information content (AvgIpc) is 2.67. The van der Waals surface area contributed by atoms with Crippen LogP contribution in [0.3, 0.4) is 0 Å². The largest absolute Gasteiger partial charge is 0.493 e. The number of ether oxygens (including phenoxy) is 3. The average molecular weight is 373 g/mol. The number of benzene rings is 2. The number of hydrogen-bond acceptors (Lipinski definition) is 5. The third-order valence-corrected chi connectivity index (χ3v) is 3.62. The first-order valence-electron chi connectivity index (χ1n) is 8.10. The van der Waals surface area contributed by atoms with Crippen molar-refractivity contribution in [3.8, 4) is 11.5 Å². The zero-order chi connectivity index (χ0) is 19.8. The molecule has 2 aromatic rings. The lowest BCUT2D eigenvalue weighted by molar-refractivity contribution is -0.148. The van der Waals surface area contributed by atoms with Crippen LogP contribution < -0.4 is 14.8 Å². The number of hydrogen-bond donors (Lipinski definition) is 1. The molecule has 0 spiro atoms. The van der Waals surface area contributed by atoms with Gasteiger partial charge in [0, 0.05) is 23.4 Å². The van der Waals surface area contributed by atoms with Crippen molar-refractivity contribution in [2.24, 2.45) is 0 Å². The van der Waals surface area contributed by atoms with Crippen molar-refractivity contribution in [1.82, 2.24) is 0 Å². The number of halogens is 1. The van der Waals surface area contributed by atoms with Gasteiger partial charge in [0.2, 0.25) is 0 Å². The number of carbonyl (C=O) groups is 2. The van der Waals surface area contributed by atoms with Crippen LogP contribution in [0.2, 0.25) is 0 Å². The highest BCUT2D eigenvalue weighted by atomic mass is 19.1. The van der Waals surface area contributed by atoms with E-state index in [1.165, 1.54) is 39.4 Å². The van der Waals surface area contributed by atoms with Gasteiger partial charge in [0.05, 0.1) is 14.2 Å². The summed E-state index contributed by atoms with van der Waals surface area (Å²) in [4.78, 5) is 24.0. The molecule has 0 saturated heterocycles. The molecule has 1 amide bonds. The van der Waals surface area contributed by atoms with Gasteiger partial charge in [0.25, 0.3) is 5.91 Å². The minimum absolute atomic E-state index is 0.247. The molecular weight excluding hydrogens is 353 g/mol. The molecule has 0 saturated carbocycles. The summed E-state index contributed by atoms with van der Waals surface area (Å²) < 4.78 is 28.8. The molecule has 142 valence electrons. The molecule has 0 unspecified atom stereocenters. The first kappa shape index (κ1) is 20.0. The van der Waals surface area contributed by atoms with Gasteiger partial charge in [0.1, 0.15) is 5.82 Å². The van der Waals surface area contributed by atoms with E-state index in [1.807, 2.05) is 0 Å². The van der Waals surface area contributed by atoms with Crippen LogP contribution >= 0.6 is 0 Å². The van der Waals surface area contributed by atoms with Crippen molar-refractivity contribution in [2.45, 2.75) is 13.0 Å². The van der Waals surface area contributed by atoms with Crippen LogP contribution in [0.4, 0.5) is 10.1 Å². The molecule has 2 rings (SSSR count). The van der Waals surface area contributed by atoms with Crippen LogP contribution in [0.25, 0.3) is 6.08 Å². The van der Waals surface area contributed by atoms with E-state index in [0.717, 1.165) is 6.08 Å². The molecule has 0 heterocycles. The monoisotopic (exact) mass is 373 g/mol. The maximum absolute atomic E-state index is 13.5. The molecule has 0 aromatic heterocycles. The highest BCUT2D eigenvalue weighted by Gasteiger charge is 2.17. The topological polar surface area (TPSA) is 73.9 Å². The minimum Gasteiger partial charge on any atom is -0.493 e. The van der Waals surface area contributed by atoms with E-state index < -0.39 is 23.8 Å². The lowest BCUT2D eigenvalue weighted by atomic mass is 10.2. The van der Waals surface area contributed by atoms with Gasteiger partial charge in [-0.05, 0) is 31.2 Å². The Morgan fingerprint density at radius 2 is 1.78 bits per heavy atom. The van der Waals surface area contributed by atoms with E-state index in [4.69, 9.17) is 14.2 Å². The third kappa shape index (κ3) is 5.57. The van der Waals surface area contributed by atoms with Gasteiger partial charge >= 0.3 is 5.97 Å². The van der Waals surface area contributed by atoms with Crippen molar-refractivity contribution >= 4 is 23.6 Å². The highest BCUT2D eigenvalue weighted by molar-refractivity contribution is 5.96. The number of nitrogens with one attached hydrogen (secondary N) is 1. The van der Waals surface area contributed by atoms with Crippen LogP contribution in [-0.2, 0) is 14.3 Å². The van der Waals surface area contributed by atoms with E-state index in [1.54, 1.807) is 30.3 Å². The van der Waals surface area contributed by atoms with Crippen LogP contribution in [0.15, 0.2) is 48.5 Å². The SMILES string of the molecule is COc1ccc(NC(=O)[C@H](C)OC(=O)/C=C/c2ccccc2F)cc1OC. The van der Waals surface area contributed by atoms with E-state index in [9.17, 15) is 14.0 Å². The Labute approximate surface area is 156 Å². The quantitative estimate of drug-likeness (QED) is 0.595. The molecule has 1 N–H and O–H groups in total. The van der Waals surface area contributed by atoms with Gasteiger partial charge in [-0.1, -0.05) is 18.2 Å². The molecule has 0 bridgehead atoms. The smallest absolute Gasteiger partial charge is 0.331 e. The fraction of sp³-hybridized carbons (Fsp3) is 0.200. The molecule has 0 aliphatic carbocycles. The second-order valence-electron chi connectivity index (χ2n) is 5.49. The number of esters is 1. The fourth-order valence-electron chi connectivity index (χ4n) is 2.19. The molecule has 0 aliphatic rings. The Balaban J connectivity index is 1.95. The Morgan fingerprint density at radius 3 is 2.44 bits per heavy atom. The van der Waals surface area contributed by atoms with Gasteiger partial charge in [0.15, 0.2) is 17.6 Å². The third-order valence-electron chi connectivity index (χ3n) is 3.62. The van der Waals surface area contributed by atoms with E-state index >= 15 is 0 Å². The standard InChI is InChI=1S/C20H20FNO5/c1-13(27-19(23)11-8-14-6-4-5-7-16(14)21)20(24)22-15-9-10-17(25-2)18(12-15)26-3/h4-13H,1-3H3,(H,22,24)/b11-8+/t13-/m0/s1. The lowest BCUT2D eigenvalue weighted by Crippen LogP contribution is -2.29. The van der Waals surface area contributed by atoms with Crippen molar-refractivity contribution < 1.29 is 28.2 Å². The van der Waals surface area contributed by atoms with E-state index in [2.05, 4.69) is 5.32 Å². The molecule has 0 aliphatic heterocycles. The van der Waals surface area contributed by atoms with Gasteiger partial charge < -0.3 is 19.5 Å². The molecule has 0 fully saturated rings. The van der Waals surface area contributed by atoms with Crippen molar-refractivity contribution in [3.63, 3.8) is 0 Å². The van der Waals surface area contributed by atoms with Gasteiger partial charge in [-0.25, -0.2) is 9.18 Å². The molecule has 2 aromatic carbocycles. The van der Waals surface area contributed by atoms with Crippen LogP contribution in [0.1, 0.15) is 12.5 Å². The number of amides is 1. The first-order chi connectivity index (χ1) is 12.9. The number of anilines is 1. The predicted octanol–water partition coefficient (Wildman–Crippen LogP) is 3.43. The highest BCUT2D eigenvalue weighted by Crippen LogP contribution is 2.29. The predicted molar refractivity (Wildman–Crippen MR) is 99.2 cm³/mol. The first-order valence-corrected chi connectivity index (χ1v) is 8.10. The summed E-state index contributed by atoms with van der Waals surface area (Å²) >= 11 is 0. The second-order valence-corrected chi connectivity index (χ2v) is 5.49. The van der Waals surface area contributed by atoms with E-state index in [-0.39, 0.29) is 5.56 Å². The van der Waals surface area contributed by atoms with Crippen LogP contribution in [-0.4, -0.2) is 32.2 Å².